The Morgan fingerprint density at radius 2 is 1.86 bits per heavy atom. The van der Waals surface area contributed by atoms with Gasteiger partial charge in [-0.2, -0.15) is 5.26 Å². The molecule has 1 aromatic heterocycles. The topological polar surface area (TPSA) is 103 Å². The Bertz CT molecular complexity index is 986. The van der Waals surface area contributed by atoms with Crippen LogP contribution in [0.4, 0.5) is 5.82 Å². The normalized spacial score (nSPS) is 11.1. The fourth-order valence-electron chi connectivity index (χ4n) is 2.81. The maximum absolute atomic E-state index is 13.3. The highest BCUT2D eigenvalue weighted by Crippen LogP contribution is 2.30. The Morgan fingerprint density at radius 1 is 1.21 bits per heavy atom. The minimum absolute atomic E-state index is 0.0447. The average Bonchev–Trinajstić information content (AvgIpc) is 2.93. The Balaban J connectivity index is 2.44. The van der Waals surface area contributed by atoms with Crippen molar-refractivity contribution in [1.82, 2.24) is 4.98 Å². The number of nitrogens with one attached hydrogen (secondary N) is 1. The standard InChI is InChI=1S/C20H25N3O4S/c1-5-27-19(24)7-6-12-23(20-18(13-21)15(3)16(4)22-20)28(25,26)17-10-8-14(2)9-11-17/h8-11,22H,5-7,12H2,1-4H3. The van der Waals surface area contributed by atoms with Gasteiger partial charge in [0, 0.05) is 18.7 Å². The molecule has 7 nitrogen and oxygen atoms in total. The van der Waals surface area contributed by atoms with Gasteiger partial charge >= 0.3 is 5.97 Å². The molecule has 0 atom stereocenters. The fraction of sp³-hybridized carbons (Fsp3) is 0.400. The van der Waals surface area contributed by atoms with Gasteiger partial charge in [0.2, 0.25) is 0 Å². The first-order valence-corrected chi connectivity index (χ1v) is 10.5. The van der Waals surface area contributed by atoms with Crippen molar-refractivity contribution in [2.75, 3.05) is 17.5 Å². The molecule has 1 aromatic carbocycles. The van der Waals surface area contributed by atoms with E-state index in [-0.39, 0.29) is 48.2 Å². The Morgan fingerprint density at radius 3 is 2.43 bits per heavy atom. The van der Waals surface area contributed by atoms with Crippen molar-refractivity contribution in [2.24, 2.45) is 0 Å². The van der Waals surface area contributed by atoms with Crippen LogP contribution in [0.15, 0.2) is 29.2 Å². The lowest BCUT2D eigenvalue weighted by atomic mass is 10.2. The molecule has 1 heterocycles. The summed E-state index contributed by atoms with van der Waals surface area (Å²) in [5.74, 6) is -0.156. The summed E-state index contributed by atoms with van der Waals surface area (Å²) in [6, 6.07) is 8.61. The summed E-state index contributed by atoms with van der Waals surface area (Å²) in [6.45, 7) is 7.47. The van der Waals surface area contributed by atoms with E-state index in [4.69, 9.17) is 4.74 Å². The smallest absolute Gasteiger partial charge is 0.305 e. The zero-order valence-electron chi connectivity index (χ0n) is 16.6. The first kappa shape index (κ1) is 21.5. The molecule has 8 heteroatoms. The first-order chi connectivity index (χ1) is 13.2. The van der Waals surface area contributed by atoms with Gasteiger partial charge in [-0.25, -0.2) is 8.42 Å². The van der Waals surface area contributed by atoms with Crippen LogP contribution in [0.3, 0.4) is 0 Å². The number of ether oxygens (including phenoxy) is 1. The summed E-state index contributed by atoms with van der Waals surface area (Å²) in [6.07, 6.45) is 0.361. The molecule has 0 aliphatic carbocycles. The molecule has 0 aliphatic heterocycles. The van der Waals surface area contributed by atoms with Gasteiger partial charge in [0.15, 0.2) is 0 Å². The van der Waals surface area contributed by atoms with Crippen molar-refractivity contribution < 1.29 is 17.9 Å². The fourth-order valence-corrected chi connectivity index (χ4v) is 4.29. The van der Waals surface area contributed by atoms with Gasteiger partial charge < -0.3 is 9.72 Å². The third kappa shape index (κ3) is 4.54. The summed E-state index contributed by atoms with van der Waals surface area (Å²) in [5.41, 5.74) is 2.65. The lowest BCUT2D eigenvalue weighted by Gasteiger charge is -2.23. The average molecular weight is 404 g/mol. The number of aromatic amines is 1. The molecule has 0 aliphatic rings. The van der Waals surface area contributed by atoms with Crippen molar-refractivity contribution in [3.05, 3.63) is 46.6 Å². The molecule has 1 N–H and O–H groups in total. The SMILES string of the molecule is CCOC(=O)CCCN(c1[nH]c(C)c(C)c1C#N)S(=O)(=O)c1ccc(C)cc1. The number of aromatic nitrogens is 1. The number of anilines is 1. The summed E-state index contributed by atoms with van der Waals surface area (Å²) < 4.78 is 32.7. The van der Waals surface area contributed by atoms with Crippen LogP contribution in [0.5, 0.6) is 0 Å². The number of rotatable bonds is 8. The van der Waals surface area contributed by atoms with E-state index in [9.17, 15) is 18.5 Å². The van der Waals surface area contributed by atoms with E-state index < -0.39 is 10.0 Å². The Hall–Kier alpha value is -2.79. The van der Waals surface area contributed by atoms with Crippen LogP contribution in [0.1, 0.15) is 42.1 Å². The highest BCUT2D eigenvalue weighted by atomic mass is 32.2. The number of carbonyl (C=O) groups is 1. The predicted octanol–water partition coefficient (Wildman–Crippen LogP) is 3.35. The molecule has 0 radical (unpaired) electrons. The van der Waals surface area contributed by atoms with Crippen LogP contribution >= 0.6 is 0 Å². The first-order valence-electron chi connectivity index (χ1n) is 9.06. The molecular weight excluding hydrogens is 378 g/mol. The van der Waals surface area contributed by atoms with Gasteiger partial charge in [0.1, 0.15) is 11.9 Å². The number of hydrogen-bond donors (Lipinski definition) is 1. The summed E-state index contributed by atoms with van der Waals surface area (Å²) in [7, 11) is -3.92. The second-order valence-electron chi connectivity index (χ2n) is 6.51. The molecule has 2 aromatic rings. The zero-order chi connectivity index (χ0) is 20.9. The number of hydrogen-bond acceptors (Lipinski definition) is 5. The van der Waals surface area contributed by atoms with Gasteiger partial charge in [-0.05, 0) is 51.8 Å². The molecule has 150 valence electrons. The maximum atomic E-state index is 13.3. The molecule has 28 heavy (non-hydrogen) atoms. The number of nitrogens with zero attached hydrogens (tertiary/aromatic N) is 2. The Labute approximate surface area is 166 Å². The van der Waals surface area contributed by atoms with Crippen LogP contribution in [0.25, 0.3) is 0 Å². The highest BCUT2D eigenvalue weighted by molar-refractivity contribution is 7.92. The monoisotopic (exact) mass is 403 g/mol. The molecule has 0 saturated heterocycles. The molecule has 0 amide bonds. The quantitative estimate of drug-likeness (QED) is 0.681. The number of aryl methyl sites for hydroxylation is 2. The van der Waals surface area contributed by atoms with Gasteiger partial charge in [0.25, 0.3) is 10.0 Å². The number of H-pyrrole nitrogens is 1. The number of benzene rings is 1. The Kier molecular flexibility index (Phi) is 6.86. The van der Waals surface area contributed by atoms with E-state index in [1.807, 2.05) is 6.92 Å². The largest absolute Gasteiger partial charge is 0.466 e. The van der Waals surface area contributed by atoms with Gasteiger partial charge in [0.05, 0.1) is 17.1 Å². The maximum Gasteiger partial charge on any atom is 0.305 e. The second kappa shape index (κ2) is 8.93. The van der Waals surface area contributed by atoms with Gasteiger partial charge in [-0.3, -0.25) is 9.10 Å². The molecule has 0 bridgehead atoms. The van der Waals surface area contributed by atoms with E-state index >= 15 is 0 Å². The van der Waals surface area contributed by atoms with E-state index in [1.165, 1.54) is 16.4 Å². The number of esters is 1. The number of nitriles is 1. The van der Waals surface area contributed by atoms with Crippen molar-refractivity contribution >= 4 is 21.8 Å². The predicted molar refractivity (Wildman–Crippen MR) is 107 cm³/mol. The van der Waals surface area contributed by atoms with Crippen molar-refractivity contribution in [3.8, 4) is 6.07 Å². The van der Waals surface area contributed by atoms with Gasteiger partial charge in [-0.15, -0.1) is 0 Å². The van der Waals surface area contributed by atoms with Crippen molar-refractivity contribution in [2.45, 2.75) is 45.4 Å². The van der Waals surface area contributed by atoms with E-state index in [2.05, 4.69) is 11.1 Å². The second-order valence-corrected chi connectivity index (χ2v) is 8.37. The lowest BCUT2D eigenvalue weighted by molar-refractivity contribution is -0.143. The molecule has 0 fully saturated rings. The number of carbonyl (C=O) groups excluding carboxylic acids is 1. The van der Waals surface area contributed by atoms with E-state index in [1.54, 1.807) is 32.9 Å². The molecule has 0 unspecified atom stereocenters. The summed E-state index contributed by atoms with van der Waals surface area (Å²) in [5, 5.41) is 9.55. The number of sulfonamides is 1. The van der Waals surface area contributed by atoms with Crippen LogP contribution < -0.4 is 4.31 Å². The lowest BCUT2D eigenvalue weighted by Crippen LogP contribution is -2.33. The summed E-state index contributed by atoms with van der Waals surface area (Å²) >= 11 is 0. The van der Waals surface area contributed by atoms with Gasteiger partial charge in [-0.1, -0.05) is 17.7 Å². The highest BCUT2D eigenvalue weighted by Gasteiger charge is 2.29. The molecule has 0 saturated carbocycles. The molecule has 0 spiro atoms. The minimum atomic E-state index is -3.92. The minimum Gasteiger partial charge on any atom is -0.466 e. The third-order valence-electron chi connectivity index (χ3n) is 4.50. The zero-order valence-corrected chi connectivity index (χ0v) is 17.4. The van der Waals surface area contributed by atoms with E-state index in [0.29, 0.717) is 5.56 Å². The van der Waals surface area contributed by atoms with Crippen LogP contribution in [-0.4, -0.2) is 32.5 Å². The third-order valence-corrected chi connectivity index (χ3v) is 6.31. The van der Waals surface area contributed by atoms with Crippen LogP contribution in [0, 0.1) is 32.1 Å². The molecule has 2 rings (SSSR count). The molecular formula is C20H25N3O4S. The van der Waals surface area contributed by atoms with Crippen LogP contribution in [0.2, 0.25) is 0 Å². The van der Waals surface area contributed by atoms with Crippen LogP contribution in [-0.2, 0) is 19.6 Å². The van der Waals surface area contributed by atoms with Crippen molar-refractivity contribution in [1.29, 1.82) is 5.26 Å². The van der Waals surface area contributed by atoms with Crippen molar-refractivity contribution in [3.63, 3.8) is 0 Å². The summed E-state index contributed by atoms with van der Waals surface area (Å²) in [4.78, 5) is 14.8. The van der Waals surface area contributed by atoms with E-state index in [0.717, 1.165) is 11.3 Å².